The zero-order chi connectivity index (χ0) is 22.6. The van der Waals surface area contributed by atoms with Crippen molar-refractivity contribution >= 4 is 27.3 Å². The standard InChI is InChI=1S/C26H28N2O4S/c29-25(23-17-31-16-22(32-23)18-6-2-1-3-7-18)21(15-28-11-4-5-12-28)27-26(30)20-8-9-24-19(14-20)10-13-33-24/h1-2,6,8-10,13-14,16-17,21,25,29H,3-5,7,11-12,15H2,(H,27,30)/t21-,25-/m1/s1. The largest absolute Gasteiger partial charge is 0.465 e. The van der Waals surface area contributed by atoms with Gasteiger partial charge >= 0.3 is 0 Å². The Hall–Kier alpha value is -2.87. The van der Waals surface area contributed by atoms with Crippen molar-refractivity contribution in [1.29, 1.82) is 0 Å². The van der Waals surface area contributed by atoms with Crippen LogP contribution < -0.4 is 5.32 Å². The van der Waals surface area contributed by atoms with Crippen molar-refractivity contribution in [3.05, 3.63) is 83.1 Å². The molecule has 0 spiro atoms. The Morgan fingerprint density at radius 3 is 2.91 bits per heavy atom. The van der Waals surface area contributed by atoms with Crippen molar-refractivity contribution in [2.24, 2.45) is 0 Å². The predicted octanol–water partition coefficient (Wildman–Crippen LogP) is 4.46. The Labute approximate surface area is 197 Å². The van der Waals surface area contributed by atoms with Crippen LogP contribution in [0.25, 0.3) is 10.1 Å². The van der Waals surface area contributed by atoms with Gasteiger partial charge in [-0.25, -0.2) is 0 Å². The Morgan fingerprint density at radius 1 is 1.21 bits per heavy atom. The zero-order valence-electron chi connectivity index (χ0n) is 18.4. The van der Waals surface area contributed by atoms with Gasteiger partial charge in [-0.1, -0.05) is 18.2 Å². The maximum absolute atomic E-state index is 13.1. The van der Waals surface area contributed by atoms with E-state index in [0.29, 0.717) is 23.6 Å². The number of ether oxygens (including phenoxy) is 2. The van der Waals surface area contributed by atoms with Gasteiger partial charge in [0.2, 0.25) is 0 Å². The number of likely N-dealkylation sites (tertiary alicyclic amines) is 1. The molecule has 1 fully saturated rings. The number of nitrogens with zero attached hydrogens (tertiary/aromatic N) is 1. The van der Waals surface area contributed by atoms with Gasteiger partial charge in [0.25, 0.3) is 5.91 Å². The number of hydrogen-bond acceptors (Lipinski definition) is 6. The molecule has 1 aromatic carbocycles. The summed E-state index contributed by atoms with van der Waals surface area (Å²) in [6, 6.07) is 7.16. The number of fused-ring (bicyclic) bond motifs is 1. The first-order valence-corrected chi connectivity index (χ1v) is 12.3. The summed E-state index contributed by atoms with van der Waals surface area (Å²) in [5.74, 6) is 0.699. The molecule has 2 N–H and O–H groups in total. The van der Waals surface area contributed by atoms with Gasteiger partial charge in [0.05, 0.1) is 6.04 Å². The lowest BCUT2D eigenvalue weighted by molar-refractivity contribution is 0.0630. The Balaban J connectivity index is 1.32. The third-order valence-corrected chi connectivity index (χ3v) is 7.17. The average Bonchev–Trinajstić information content (AvgIpc) is 3.55. The molecule has 7 heteroatoms. The number of carbonyl (C=O) groups is 1. The second-order valence-corrected chi connectivity index (χ2v) is 9.55. The zero-order valence-corrected chi connectivity index (χ0v) is 19.2. The van der Waals surface area contributed by atoms with Crippen LogP contribution >= 0.6 is 11.3 Å². The van der Waals surface area contributed by atoms with E-state index in [2.05, 4.69) is 16.3 Å². The molecule has 3 aliphatic rings. The van der Waals surface area contributed by atoms with Crippen LogP contribution in [0.5, 0.6) is 0 Å². The molecule has 3 heterocycles. The van der Waals surface area contributed by atoms with Gasteiger partial charge in [0.15, 0.2) is 11.5 Å². The van der Waals surface area contributed by atoms with Gasteiger partial charge in [0, 0.05) is 16.8 Å². The van der Waals surface area contributed by atoms with E-state index in [1.54, 1.807) is 17.6 Å². The smallest absolute Gasteiger partial charge is 0.251 e. The van der Waals surface area contributed by atoms with E-state index in [1.807, 2.05) is 41.8 Å². The minimum atomic E-state index is -1.04. The van der Waals surface area contributed by atoms with Crippen LogP contribution in [0.3, 0.4) is 0 Å². The number of aliphatic hydroxyl groups excluding tert-OH is 1. The number of allylic oxidation sites excluding steroid dienone is 4. The number of benzene rings is 1. The van der Waals surface area contributed by atoms with Crippen LogP contribution in [-0.4, -0.2) is 47.7 Å². The molecule has 0 saturated carbocycles. The lowest BCUT2D eigenvalue weighted by Crippen LogP contribution is -2.51. The second-order valence-electron chi connectivity index (χ2n) is 8.60. The fourth-order valence-corrected chi connectivity index (χ4v) is 5.21. The van der Waals surface area contributed by atoms with Crippen molar-refractivity contribution in [2.75, 3.05) is 19.6 Å². The molecule has 5 rings (SSSR count). The summed E-state index contributed by atoms with van der Waals surface area (Å²) in [4.78, 5) is 15.4. The molecule has 2 aromatic rings. The van der Waals surface area contributed by atoms with Crippen LogP contribution in [0.2, 0.25) is 0 Å². The highest BCUT2D eigenvalue weighted by Crippen LogP contribution is 2.28. The van der Waals surface area contributed by atoms with Gasteiger partial charge in [-0.2, -0.15) is 0 Å². The average molecular weight is 465 g/mol. The summed E-state index contributed by atoms with van der Waals surface area (Å²) < 4.78 is 12.7. The Kier molecular flexibility index (Phi) is 6.62. The third kappa shape index (κ3) is 5.05. The number of hydrogen-bond donors (Lipinski definition) is 2. The summed E-state index contributed by atoms with van der Waals surface area (Å²) in [5, 5.41) is 17.4. The van der Waals surface area contributed by atoms with E-state index < -0.39 is 12.1 Å². The summed E-state index contributed by atoms with van der Waals surface area (Å²) in [7, 11) is 0. The Morgan fingerprint density at radius 2 is 2.09 bits per heavy atom. The van der Waals surface area contributed by atoms with Crippen LogP contribution in [0, 0.1) is 0 Å². The van der Waals surface area contributed by atoms with Gasteiger partial charge in [-0.15, -0.1) is 11.3 Å². The molecule has 1 amide bonds. The highest BCUT2D eigenvalue weighted by molar-refractivity contribution is 7.17. The monoisotopic (exact) mass is 464 g/mol. The molecule has 2 aliphatic heterocycles. The summed E-state index contributed by atoms with van der Waals surface area (Å²) >= 11 is 1.65. The van der Waals surface area contributed by atoms with E-state index in [9.17, 15) is 9.90 Å². The van der Waals surface area contributed by atoms with Crippen molar-refractivity contribution in [2.45, 2.75) is 37.8 Å². The van der Waals surface area contributed by atoms with Gasteiger partial charge in [-0.3, -0.25) is 4.79 Å². The normalized spacial score (nSPS) is 20.3. The second kappa shape index (κ2) is 9.95. The number of rotatable bonds is 7. The first-order chi connectivity index (χ1) is 16.2. The maximum atomic E-state index is 13.1. The lowest BCUT2D eigenvalue weighted by Gasteiger charge is -2.30. The Bertz CT molecular complexity index is 1140. The summed E-state index contributed by atoms with van der Waals surface area (Å²) in [5.41, 5.74) is 1.61. The minimum Gasteiger partial charge on any atom is -0.465 e. The topological polar surface area (TPSA) is 71.0 Å². The number of aliphatic hydroxyl groups is 1. The number of thiophene rings is 1. The molecule has 6 nitrogen and oxygen atoms in total. The first kappa shape index (κ1) is 21.9. The molecule has 172 valence electrons. The van der Waals surface area contributed by atoms with Crippen molar-refractivity contribution in [1.82, 2.24) is 10.2 Å². The third-order valence-electron chi connectivity index (χ3n) is 6.27. The van der Waals surface area contributed by atoms with Crippen LogP contribution in [0.1, 0.15) is 36.0 Å². The van der Waals surface area contributed by atoms with Crippen LogP contribution in [0.15, 0.2) is 77.5 Å². The highest BCUT2D eigenvalue weighted by Gasteiger charge is 2.31. The van der Waals surface area contributed by atoms with Crippen molar-refractivity contribution < 1.29 is 19.4 Å². The lowest BCUT2D eigenvalue weighted by atomic mass is 10.0. The highest BCUT2D eigenvalue weighted by atomic mass is 32.1. The number of amides is 1. The van der Waals surface area contributed by atoms with Crippen LogP contribution in [0.4, 0.5) is 0 Å². The fraction of sp³-hybridized carbons (Fsp3) is 0.346. The van der Waals surface area contributed by atoms with Gasteiger partial charge < -0.3 is 24.8 Å². The molecule has 2 atom stereocenters. The van der Waals surface area contributed by atoms with Gasteiger partial charge in [-0.05, 0) is 79.4 Å². The maximum Gasteiger partial charge on any atom is 0.251 e. The fourth-order valence-electron chi connectivity index (χ4n) is 4.44. The molecule has 1 aliphatic carbocycles. The number of nitrogens with one attached hydrogen (secondary N) is 1. The molecule has 1 saturated heterocycles. The molecule has 0 unspecified atom stereocenters. The molecule has 1 aromatic heterocycles. The predicted molar refractivity (Wildman–Crippen MR) is 130 cm³/mol. The molecule has 33 heavy (non-hydrogen) atoms. The van der Waals surface area contributed by atoms with E-state index in [-0.39, 0.29) is 5.91 Å². The van der Waals surface area contributed by atoms with E-state index in [4.69, 9.17) is 9.47 Å². The quantitative estimate of drug-likeness (QED) is 0.633. The van der Waals surface area contributed by atoms with E-state index in [1.165, 1.54) is 6.26 Å². The molecular weight excluding hydrogens is 436 g/mol. The van der Waals surface area contributed by atoms with Crippen molar-refractivity contribution in [3.8, 4) is 0 Å². The minimum absolute atomic E-state index is 0.209. The molecular formula is C26H28N2O4S. The SMILES string of the molecule is O=C(N[C@H](CN1CCCC1)[C@@H](O)C1=COC=C(C2=CC=CCC2)O1)c1ccc2sccc2c1. The summed E-state index contributed by atoms with van der Waals surface area (Å²) in [6.45, 7) is 2.46. The van der Waals surface area contributed by atoms with Crippen LogP contribution in [-0.2, 0) is 9.47 Å². The summed E-state index contributed by atoms with van der Waals surface area (Å²) in [6.07, 6.45) is 12.1. The van der Waals surface area contributed by atoms with E-state index in [0.717, 1.165) is 54.4 Å². The molecule has 0 radical (unpaired) electrons. The van der Waals surface area contributed by atoms with Gasteiger partial charge in [0.1, 0.15) is 18.6 Å². The van der Waals surface area contributed by atoms with E-state index >= 15 is 0 Å². The number of carbonyl (C=O) groups excluding carboxylic acids is 1. The molecule has 0 bridgehead atoms. The van der Waals surface area contributed by atoms with Crippen molar-refractivity contribution in [3.63, 3.8) is 0 Å². The first-order valence-electron chi connectivity index (χ1n) is 11.5.